The van der Waals surface area contributed by atoms with Crippen molar-refractivity contribution in [3.63, 3.8) is 0 Å². The molecule has 6 nitrogen and oxygen atoms in total. The summed E-state index contributed by atoms with van der Waals surface area (Å²) in [5, 5.41) is 2.51. The number of para-hydroxylation sites is 1. The zero-order chi connectivity index (χ0) is 22.8. The first kappa shape index (κ1) is 21.1. The van der Waals surface area contributed by atoms with Gasteiger partial charge in [-0.05, 0) is 54.6 Å². The van der Waals surface area contributed by atoms with Crippen molar-refractivity contribution in [1.82, 2.24) is 9.97 Å². The minimum absolute atomic E-state index is 0.126. The number of halogens is 1. The number of anilines is 1. The van der Waals surface area contributed by atoms with Crippen LogP contribution in [0.5, 0.6) is 0 Å². The summed E-state index contributed by atoms with van der Waals surface area (Å²) in [6.45, 7) is 0. The predicted octanol–water partition coefficient (Wildman–Crippen LogP) is 5.99. The van der Waals surface area contributed by atoms with Gasteiger partial charge >= 0.3 is 0 Å². The van der Waals surface area contributed by atoms with Gasteiger partial charge in [-0.2, -0.15) is 0 Å². The molecule has 33 heavy (non-hydrogen) atoms. The van der Waals surface area contributed by atoms with Crippen LogP contribution in [0.1, 0.15) is 5.56 Å². The fourth-order valence-electron chi connectivity index (χ4n) is 3.51. The molecule has 0 saturated carbocycles. The Labute approximate surface area is 195 Å². The lowest BCUT2D eigenvalue weighted by atomic mass is 10.0. The summed E-state index contributed by atoms with van der Waals surface area (Å²) in [7, 11) is -3.74. The van der Waals surface area contributed by atoms with Gasteiger partial charge in [0.2, 0.25) is 0 Å². The van der Waals surface area contributed by atoms with Gasteiger partial charge in [-0.25, -0.2) is 18.4 Å². The van der Waals surface area contributed by atoms with Gasteiger partial charge in [-0.3, -0.25) is 9.71 Å². The molecule has 0 fully saturated rings. The van der Waals surface area contributed by atoms with E-state index in [4.69, 9.17) is 16.6 Å². The Bertz CT molecular complexity index is 1600. The maximum Gasteiger partial charge on any atom is 0.263 e. The second-order valence-corrected chi connectivity index (χ2v) is 9.40. The first-order chi connectivity index (χ1) is 16.0. The van der Waals surface area contributed by atoms with E-state index in [2.05, 4.69) is 14.7 Å². The third-order valence-corrected chi connectivity index (χ3v) is 6.68. The van der Waals surface area contributed by atoms with Crippen LogP contribution in [-0.4, -0.2) is 24.6 Å². The average molecular weight is 473 g/mol. The smallest absolute Gasteiger partial charge is 0.263 e. The Kier molecular flexibility index (Phi) is 5.50. The van der Waals surface area contributed by atoms with Gasteiger partial charge < -0.3 is 0 Å². The Morgan fingerprint density at radius 3 is 2.39 bits per heavy atom. The van der Waals surface area contributed by atoms with Gasteiger partial charge in [0.15, 0.2) is 0 Å². The van der Waals surface area contributed by atoms with E-state index >= 15 is 0 Å². The van der Waals surface area contributed by atoms with Crippen LogP contribution in [0.15, 0.2) is 101 Å². The second-order valence-electron chi connectivity index (χ2n) is 7.28. The molecule has 0 atom stereocenters. The van der Waals surface area contributed by atoms with E-state index in [1.165, 1.54) is 18.3 Å². The van der Waals surface area contributed by atoms with Crippen LogP contribution in [0.3, 0.4) is 0 Å². The number of hydrogen-bond donors (Lipinski definition) is 1. The van der Waals surface area contributed by atoms with E-state index in [0.29, 0.717) is 10.7 Å². The third-order valence-electron chi connectivity index (χ3n) is 5.08. The SMILES string of the molecule is O=S(=O)(Nc1ccccn1)c1ccc(N=Cc2c3ccccc3nc3cc(Cl)ccc23)cc1. The number of nitrogens with zero attached hydrogens (tertiary/aromatic N) is 3. The van der Waals surface area contributed by atoms with E-state index < -0.39 is 10.0 Å². The fraction of sp³-hybridized carbons (Fsp3) is 0. The van der Waals surface area contributed by atoms with E-state index in [-0.39, 0.29) is 10.7 Å². The van der Waals surface area contributed by atoms with Crippen molar-refractivity contribution in [2.75, 3.05) is 4.72 Å². The summed E-state index contributed by atoms with van der Waals surface area (Å²) < 4.78 is 27.7. The lowest BCUT2D eigenvalue weighted by Gasteiger charge is -2.08. The lowest BCUT2D eigenvalue weighted by Crippen LogP contribution is -2.13. The summed E-state index contributed by atoms with van der Waals surface area (Å²) >= 11 is 6.17. The quantitative estimate of drug-likeness (QED) is 0.251. The van der Waals surface area contributed by atoms with Crippen molar-refractivity contribution in [2.24, 2.45) is 4.99 Å². The third kappa shape index (κ3) is 4.41. The molecule has 0 aliphatic rings. The van der Waals surface area contributed by atoms with Gasteiger partial charge in [0.05, 0.1) is 21.6 Å². The molecule has 0 bridgehead atoms. The van der Waals surface area contributed by atoms with Crippen molar-refractivity contribution < 1.29 is 8.42 Å². The molecule has 0 spiro atoms. The fourth-order valence-corrected chi connectivity index (χ4v) is 4.68. The first-order valence-corrected chi connectivity index (χ1v) is 11.9. The van der Waals surface area contributed by atoms with Crippen molar-refractivity contribution in [2.45, 2.75) is 4.90 Å². The Hall–Kier alpha value is -3.81. The van der Waals surface area contributed by atoms with Crippen molar-refractivity contribution in [1.29, 1.82) is 0 Å². The molecule has 5 rings (SSSR count). The summed E-state index contributed by atoms with van der Waals surface area (Å²) in [5.74, 6) is 0.260. The highest BCUT2D eigenvalue weighted by atomic mass is 35.5. The van der Waals surface area contributed by atoms with Crippen LogP contribution >= 0.6 is 11.6 Å². The van der Waals surface area contributed by atoms with Gasteiger partial charge in [-0.1, -0.05) is 41.9 Å². The Balaban J connectivity index is 1.48. The second kappa shape index (κ2) is 8.61. The number of sulfonamides is 1. The molecule has 162 valence electrons. The number of rotatable bonds is 5. The van der Waals surface area contributed by atoms with Crippen LogP contribution in [0.2, 0.25) is 5.02 Å². The van der Waals surface area contributed by atoms with Gasteiger partial charge in [0.1, 0.15) is 5.82 Å². The maximum atomic E-state index is 12.6. The highest BCUT2D eigenvalue weighted by molar-refractivity contribution is 7.92. The minimum Gasteiger partial charge on any atom is -0.263 e. The van der Waals surface area contributed by atoms with Crippen LogP contribution in [0, 0.1) is 0 Å². The predicted molar refractivity (Wildman–Crippen MR) is 133 cm³/mol. The molecule has 0 unspecified atom stereocenters. The standard InChI is InChI=1S/C25H17ClN4O2S/c26-17-8-13-21-22(20-5-1-2-6-23(20)29-24(21)15-17)16-28-18-9-11-19(12-10-18)33(31,32)30-25-7-3-4-14-27-25/h1-16H,(H,27,30). The number of fused-ring (bicyclic) bond motifs is 2. The van der Waals surface area contributed by atoms with Gasteiger partial charge in [-0.15, -0.1) is 0 Å². The average Bonchev–Trinajstić information content (AvgIpc) is 2.82. The molecule has 2 heterocycles. The van der Waals surface area contributed by atoms with Crippen LogP contribution < -0.4 is 4.72 Å². The molecule has 8 heteroatoms. The minimum atomic E-state index is -3.74. The summed E-state index contributed by atoms with van der Waals surface area (Å²) in [6, 6.07) is 24.8. The molecule has 0 radical (unpaired) electrons. The van der Waals surface area contributed by atoms with Crippen molar-refractivity contribution in [3.05, 3.63) is 102 Å². The van der Waals surface area contributed by atoms with E-state index in [0.717, 1.165) is 27.4 Å². The highest BCUT2D eigenvalue weighted by Gasteiger charge is 2.14. The molecule has 1 N–H and O–H groups in total. The van der Waals surface area contributed by atoms with Crippen molar-refractivity contribution in [3.8, 4) is 0 Å². The first-order valence-electron chi connectivity index (χ1n) is 10.1. The zero-order valence-corrected chi connectivity index (χ0v) is 18.8. The highest BCUT2D eigenvalue weighted by Crippen LogP contribution is 2.27. The zero-order valence-electron chi connectivity index (χ0n) is 17.2. The molecule has 2 aromatic heterocycles. The lowest BCUT2D eigenvalue weighted by molar-refractivity contribution is 0.601. The molecular weight excluding hydrogens is 456 g/mol. The van der Waals surface area contributed by atoms with Crippen LogP contribution in [0.25, 0.3) is 21.8 Å². The number of benzene rings is 3. The summed E-state index contributed by atoms with van der Waals surface area (Å²) in [4.78, 5) is 13.4. The van der Waals surface area contributed by atoms with Gasteiger partial charge in [0.25, 0.3) is 10.0 Å². The molecule has 3 aromatic carbocycles. The van der Waals surface area contributed by atoms with E-state index in [1.807, 2.05) is 42.5 Å². The maximum absolute atomic E-state index is 12.6. The molecule has 0 aliphatic carbocycles. The summed E-state index contributed by atoms with van der Waals surface area (Å²) in [6.07, 6.45) is 3.30. The molecular formula is C25H17ClN4O2S. The topological polar surface area (TPSA) is 84.3 Å². The van der Waals surface area contributed by atoms with E-state index in [9.17, 15) is 8.42 Å². The number of aromatic nitrogens is 2. The molecule has 0 aliphatic heterocycles. The number of pyridine rings is 2. The largest absolute Gasteiger partial charge is 0.263 e. The Morgan fingerprint density at radius 1 is 0.848 bits per heavy atom. The monoisotopic (exact) mass is 472 g/mol. The molecule has 0 amide bonds. The van der Waals surface area contributed by atoms with Crippen LogP contribution in [-0.2, 0) is 10.0 Å². The van der Waals surface area contributed by atoms with E-state index in [1.54, 1.807) is 36.5 Å². The van der Waals surface area contributed by atoms with Crippen molar-refractivity contribution >= 4 is 61.1 Å². The Morgan fingerprint density at radius 2 is 1.61 bits per heavy atom. The normalized spacial score (nSPS) is 11.9. The number of hydrogen-bond acceptors (Lipinski definition) is 5. The molecule has 0 saturated heterocycles. The molecule has 5 aromatic rings. The number of nitrogens with one attached hydrogen (secondary N) is 1. The van der Waals surface area contributed by atoms with Crippen LogP contribution in [0.4, 0.5) is 11.5 Å². The number of aliphatic imine (C=N–C) groups is 1. The van der Waals surface area contributed by atoms with Gasteiger partial charge in [0, 0.05) is 33.8 Å². The summed E-state index contributed by atoms with van der Waals surface area (Å²) in [5.41, 5.74) is 3.16.